The van der Waals surface area contributed by atoms with E-state index in [4.69, 9.17) is 0 Å². The van der Waals surface area contributed by atoms with Crippen LogP contribution in [0.25, 0.3) is 21.5 Å². The molecule has 0 nitrogen and oxygen atoms in total. The van der Waals surface area contributed by atoms with E-state index >= 15 is 0 Å². The molecule has 1 aliphatic carbocycles. The molecule has 3 heteroatoms. The quantitative estimate of drug-likeness (QED) is 0.156. The minimum Gasteiger partial charge on any atom is -1.00 e. The Morgan fingerprint density at radius 2 is 0.818 bits per heavy atom. The van der Waals surface area contributed by atoms with Crippen LogP contribution >= 0.6 is 0 Å². The topological polar surface area (TPSA) is 0 Å². The normalized spacial score (nSPS) is 14.6. The Labute approximate surface area is 363 Å². The molecule has 55 heavy (non-hydrogen) atoms. The van der Waals surface area contributed by atoms with Crippen LogP contribution in [0.1, 0.15) is 144 Å². The van der Waals surface area contributed by atoms with Gasteiger partial charge in [0, 0.05) is 0 Å². The molecule has 0 saturated carbocycles. The van der Waals surface area contributed by atoms with Gasteiger partial charge in [-0.3, -0.25) is 6.08 Å². The molecule has 1 aliphatic rings. The van der Waals surface area contributed by atoms with E-state index in [1.807, 2.05) is 0 Å². The third-order valence-corrected chi connectivity index (χ3v) is 11.7. The molecule has 0 amide bonds. The number of hydrogen-bond donors (Lipinski definition) is 0. The molecule has 0 heterocycles. The monoisotopic (exact) mass is 850 g/mol. The number of allylic oxidation sites excluding steroid dienone is 4. The van der Waals surface area contributed by atoms with Gasteiger partial charge in [0.05, 0.1) is 0 Å². The second kappa shape index (κ2) is 18.4. The Morgan fingerprint density at radius 1 is 0.491 bits per heavy atom. The standard InChI is InChI=1S/C21H25.C21H26.C10H15.2ClH.Zr/c1-20(2,3)16-7-9-18-14(12-16)11-15-13-17(21(4,5)6)8-10-19(15)18;1-20(2,3)18-11-7-16(8-12-18)15-17-9-13-19(14-10-17)21(4,5)6;1-8-5-6-9(7-8)10(2,3)4;;;/h7-13H,1-6H3;7-14H,1-6H3;6-8H,1-4H3;2*1H;/q-1;;-1;;;+2/p-2. The van der Waals surface area contributed by atoms with E-state index in [-0.39, 0.29) is 46.5 Å². The average Bonchev–Trinajstić information content (AvgIpc) is 3.66. The molecule has 0 bridgehead atoms. The maximum Gasteiger partial charge on any atom is -0.0202 e. The van der Waals surface area contributed by atoms with Gasteiger partial charge < -0.3 is 24.8 Å². The van der Waals surface area contributed by atoms with E-state index in [1.54, 1.807) is 0 Å². The Kier molecular flexibility index (Phi) is 16.3. The van der Waals surface area contributed by atoms with Gasteiger partial charge in [-0.1, -0.05) is 116 Å². The van der Waals surface area contributed by atoms with Crippen molar-refractivity contribution in [3.63, 3.8) is 0 Å². The molecule has 5 aromatic carbocycles. The van der Waals surface area contributed by atoms with Gasteiger partial charge in [-0.15, -0.1) is 39.7 Å². The first-order valence-corrected chi connectivity index (χ1v) is 20.7. The summed E-state index contributed by atoms with van der Waals surface area (Å²) in [6.07, 6.45) is 7.65. The predicted octanol–water partition coefficient (Wildman–Crippen LogP) is 8.68. The maximum absolute atomic E-state index is 3.26. The zero-order chi connectivity index (χ0) is 39.7. The second-order valence-electron chi connectivity index (χ2n) is 20.2. The van der Waals surface area contributed by atoms with Gasteiger partial charge in [0.15, 0.2) is 0 Å². The van der Waals surface area contributed by atoms with Crippen LogP contribution < -0.4 is 24.8 Å². The van der Waals surface area contributed by atoms with Crippen molar-refractivity contribution in [3.05, 3.63) is 148 Å². The Morgan fingerprint density at radius 3 is 1.07 bits per heavy atom. The van der Waals surface area contributed by atoms with Crippen molar-refractivity contribution in [2.45, 2.75) is 132 Å². The van der Waals surface area contributed by atoms with Crippen LogP contribution in [-0.4, -0.2) is 3.21 Å². The van der Waals surface area contributed by atoms with Crippen molar-refractivity contribution in [3.8, 4) is 0 Å². The fraction of sp³-hybridized carbons (Fsp3) is 0.423. The largest absolute Gasteiger partial charge is 1.00 e. The summed E-state index contributed by atoms with van der Waals surface area (Å²) in [6, 6.07) is 34.3. The van der Waals surface area contributed by atoms with Gasteiger partial charge in [0.25, 0.3) is 0 Å². The van der Waals surface area contributed by atoms with Crippen LogP contribution in [0.15, 0.2) is 109 Å². The molecule has 0 fully saturated rings. The first-order valence-electron chi connectivity index (χ1n) is 19.5. The van der Waals surface area contributed by atoms with Crippen LogP contribution in [-0.2, 0) is 45.9 Å². The van der Waals surface area contributed by atoms with Crippen LogP contribution in [0.2, 0.25) is 0 Å². The third kappa shape index (κ3) is 13.0. The number of halogens is 2. The smallest absolute Gasteiger partial charge is 0.0202 e. The molecule has 294 valence electrons. The van der Waals surface area contributed by atoms with E-state index in [0.29, 0.717) is 11.3 Å². The van der Waals surface area contributed by atoms with Crippen LogP contribution in [0, 0.1) is 17.4 Å². The predicted molar refractivity (Wildman–Crippen MR) is 232 cm³/mol. The molecular formula is C52H66Cl2Zr-2. The van der Waals surface area contributed by atoms with Crippen LogP contribution in [0.5, 0.6) is 0 Å². The molecule has 0 saturated heterocycles. The molecule has 1 unspecified atom stereocenters. The average molecular weight is 853 g/mol. The molecular weight excluding hydrogens is 787 g/mol. The summed E-state index contributed by atoms with van der Waals surface area (Å²) in [5.41, 5.74) is 10.8. The first-order chi connectivity index (χ1) is 24.2. The summed E-state index contributed by atoms with van der Waals surface area (Å²) in [7, 11) is 0. The summed E-state index contributed by atoms with van der Waals surface area (Å²) >= 11 is 1.46. The van der Waals surface area contributed by atoms with Gasteiger partial charge in [-0.05, 0) is 10.8 Å². The van der Waals surface area contributed by atoms with Gasteiger partial charge in [-0.25, -0.2) is 6.08 Å². The van der Waals surface area contributed by atoms with Gasteiger partial charge in [0.1, 0.15) is 0 Å². The molecule has 1 atom stereocenters. The SMILES string of the molecule is CC(C)(C)c1ccc([C](=[Zr+2])c2ccc(C(C)(C)C)cc2)cc1.CC(C)(C)c1ccc2c(c1)[cH-]c1cc(C(C)(C)C)ccc12.CC1[C-]=CC(C(C)(C)C)=C1.[Cl-].[Cl-]. The number of rotatable bonds is 2. The molecule has 5 aromatic rings. The minimum absolute atomic E-state index is 0. The minimum atomic E-state index is 0. The van der Waals surface area contributed by atoms with Gasteiger partial charge in [0.2, 0.25) is 0 Å². The van der Waals surface area contributed by atoms with E-state index < -0.39 is 0 Å². The Bertz CT molecular complexity index is 1960. The van der Waals surface area contributed by atoms with Gasteiger partial charge in [-0.2, -0.15) is 11.6 Å². The fourth-order valence-corrected chi connectivity index (χ4v) is 7.27. The first kappa shape index (κ1) is 48.7. The van der Waals surface area contributed by atoms with Crippen LogP contribution in [0.4, 0.5) is 0 Å². The van der Waals surface area contributed by atoms with Crippen LogP contribution in [0.3, 0.4) is 0 Å². The summed E-state index contributed by atoms with van der Waals surface area (Å²) in [6.45, 7) is 36.0. The van der Waals surface area contributed by atoms with E-state index in [1.165, 1.54) is 87.9 Å². The fourth-order valence-electron chi connectivity index (χ4n) is 6.45. The van der Waals surface area contributed by atoms with E-state index in [9.17, 15) is 0 Å². The van der Waals surface area contributed by atoms with Gasteiger partial charge >= 0.3 is 151 Å². The summed E-state index contributed by atoms with van der Waals surface area (Å²) < 4.78 is 1.42. The second-order valence-corrected chi connectivity index (χ2v) is 21.5. The Balaban J connectivity index is 0.000000298. The molecule has 0 aromatic heterocycles. The van der Waals surface area contributed by atoms with E-state index in [2.05, 4.69) is 220 Å². The zero-order valence-corrected chi connectivity index (χ0v) is 40.6. The summed E-state index contributed by atoms with van der Waals surface area (Å²) in [5.74, 6) is 0.522. The summed E-state index contributed by atoms with van der Waals surface area (Å²) in [5, 5.41) is 5.48. The van der Waals surface area contributed by atoms with Crippen molar-refractivity contribution in [2.24, 2.45) is 11.3 Å². The molecule has 0 radical (unpaired) electrons. The van der Waals surface area contributed by atoms with E-state index in [0.717, 1.165) is 0 Å². The van der Waals surface area contributed by atoms with Crippen molar-refractivity contribution >= 4 is 24.8 Å². The number of benzene rings is 4. The molecule has 6 rings (SSSR count). The van der Waals surface area contributed by atoms with Crippen molar-refractivity contribution in [1.29, 1.82) is 0 Å². The number of fused-ring (bicyclic) bond motifs is 3. The Hall–Kier alpha value is -2.44. The molecule has 0 aliphatic heterocycles. The molecule has 0 N–H and O–H groups in total. The van der Waals surface area contributed by atoms with Crippen molar-refractivity contribution in [1.82, 2.24) is 0 Å². The maximum atomic E-state index is 3.26. The number of hydrogen-bond acceptors (Lipinski definition) is 0. The third-order valence-electron chi connectivity index (χ3n) is 10.3. The summed E-state index contributed by atoms with van der Waals surface area (Å²) in [4.78, 5) is 0. The molecule has 0 spiro atoms. The van der Waals surface area contributed by atoms with Crippen molar-refractivity contribution in [2.75, 3.05) is 0 Å². The van der Waals surface area contributed by atoms with Crippen molar-refractivity contribution < 1.29 is 49.0 Å². The zero-order valence-electron chi connectivity index (χ0n) is 36.6.